The van der Waals surface area contributed by atoms with Crippen molar-refractivity contribution in [1.82, 2.24) is 19.9 Å². The van der Waals surface area contributed by atoms with Gasteiger partial charge in [-0.3, -0.25) is 4.72 Å². The van der Waals surface area contributed by atoms with Gasteiger partial charge in [0, 0.05) is 37.9 Å². The van der Waals surface area contributed by atoms with Crippen LogP contribution in [0.4, 0.5) is 41.4 Å². The van der Waals surface area contributed by atoms with E-state index in [1.165, 1.54) is 23.5 Å². The number of rotatable bonds is 9. The van der Waals surface area contributed by atoms with Crippen molar-refractivity contribution in [3.05, 3.63) is 84.4 Å². The van der Waals surface area contributed by atoms with Gasteiger partial charge in [-0.25, -0.2) is 41.5 Å². The Hall–Kier alpha value is -4.84. The number of halogens is 3. The Morgan fingerprint density at radius 1 is 0.796 bits per heavy atom. The predicted octanol–water partition coefficient (Wildman–Crippen LogP) is 5.30. The summed E-state index contributed by atoms with van der Waals surface area (Å²) in [6.45, 7) is 4.91. The third kappa shape index (κ3) is 7.01. The normalized spacial score (nSPS) is 15.3. The van der Waals surface area contributed by atoms with Crippen LogP contribution in [-0.2, 0) is 19.5 Å². The first-order valence-electron chi connectivity index (χ1n) is 15.3. The van der Waals surface area contributed by atoms with Gasteiger partial charge < -0.3 is 24.6 Å². The van der Waals surface area contributed by atoms with Crippen LogP contribution < -0.4 is 19.8 Å². The lowest BCUT2D eigenvalue weighted by Gasteiger charge is -2.27. The Morgan fingerprint density at radius 3 is 2.18 bits per heavy atom. The molecule has 2 fully saturated rings. The number of sulfonamides is 1. The SMILES string of the molecule is O=S(=O)(Nc1cccc(-c2nc(N3CCOCC3)sc2-c2ccnc(Nc3ccc(N4CCOCC4)nc3)n2)c1F)c1c(F)cccc1F. The Bertz CT molecular complexity index is 2050. The summed E-state index contributed by atoms with van der Waals surface area (Å²) in [5.74, 6) is -2.50. The second-order valence-corrected chi connectivity index (χ2v) is 13.6. The molecule has 0 radical (unpaired) electrons. The molecule has 0 unspecified atom stereocenters. The molecule has 0 spiro atoms. The van der Waals surface area contributed by atoms with Gasteiger partial charge in [0.25, 0.3) is 10.0 Å². The number of thiazole rings is 1. The van der Waals surface area contributed by atoms with Crippen LogP contribution in [0.25, 0.3) is 21.8 Å². The van der Waals surface area contributed by atoms with Crippen molar-refractivity contribution < 1.29 is 31.1 Å². The van der Waals surface area contributed by atoms with Crippen molar-refractivity contribution in [3.8, 4) is 21.8 Å². The molecule has 5 heterocycles. The molecule has 254 valence electrons. The number of hydrogen-bond acceptors (Lipinski definition) is 12. The number of benzene rings is 2. The second kappa shape index (κ2) is 13.9. The highest BCUT2D eigenvalue weighted by atomic mass is 32.2. The number of ether oxygens (including phenoxy) is 2. The van der Waals surface area contributed by atoms with Crippen LogP contribution in [0.1, 0.15) is 0 Å². The van der Waals surface area contributed by atoms with Crippen LogP contribution in [0.3, 0.4) is 0 Å². The van der Waals surface area contributed by atoms with E-state index in [1.807, 2.05) is 21.8 Å². The van der Waals surface area contributed by atoms with Crippen LogP contribution in [0.5, 0.6) is 0 Å². The zero-order chi connectivity index (χ0) is 34.0. The van der Waals surface area contributed by atoms with Gasteiger partial charge in [0.05, 0.1) is 60.3 Å². The lowest BCUT2D eigenvalue weighted by Crippen LogP contribution is -2.36. The molecule has 2 aliphatic heterocycles. The standard InChI is InChI=1S/C32H29F3N8O4S2/c33-22-4-2-5-23(34)30(22)49(44,45)41-24-6-1-3-21(27(24)35)28-29(48-32(40-28)43-13-17-47-18-14-43)25-9-10-36-31(39-25)38-20-7-8-26(37-19-20)42-11-15-46-16-12-42/h1-10,19,41H,11-18H2,(H,36,38,39). The van der Waals surface area contributed by atoms with Crippen LogP contribution in [0, 0.1) is 17.5 Å². The maximum absolute atomic E-state index is 16.2. The molecule has 3 aromatic heterocycles. The van der Waals surface area contributed by atoms with Gasteiger partial charge in [-0.2, -0.15) is 0 Å². The smallest absolute Gasteiger partial charge is 0.267 e. The maximum atomic E-state index is 16.2. The Morgan fingerprint density at radius 2 is 1.49 bits per heavy atom. The molecule has 7 rings (SSSR count). The van der Waals surface area contributed by atoms with Crippen LogP contribution in [0.2, 0.25) is 0 Å². The summed E-state index contributed by atoms with van der Waals surface area (Å²) in [5, 5.41) is 3.75. The number of nitrogens with zero attached hydrogens (tertiary/aromatic N) is 6. The maximum Gasteiger partial charge on any atom is 0.267 e. The van der Waals surface area contributed by atoms with E-state index in [0.717, 1.165) is 43.2 Å². The molecule has 2 saturated heterocycles. The average Bonchev–Trinajstić information content (AvgIpc) is 3.56. The van der Waals surface area contributed by atoms with Gasteiger partial charge in [0.15, 0.2) is 15.8 Å². The first kappa shape index (κ1) is 32.7. The van der Waals surface area contributed by atoms with Gasteiger partial charge in [-0.05, 0) is 42.5 Å². The molecule has 0 saturated carbocycles. The molecular formula is C32H29F3N8O4S2. The molecule has 0 aliphatic carbocycles. The molecule has 2 aliphatic rings. The van der Waals surface area contributed by atoms with Crippen LogP contribution in [-0.4, -0.2) is 81.0 Å². The summed E-state index contributed by atoms with van der Waals surface area (Å²) in [6, 6.07) is 12.1. The van der Waals surface area contributed by atoms with E-state index >= 15 is 4.39 Å². The lowest BCUT2D eigenvalue weighted by atomic mass is 10.1. The number of hydrogen-bond donors (Lipinski definition) is 2. The third-order valence-corrected chi connectivity index (χ3v) is 10.4. The van der Waals surface area contributed by atoms with E-state index in [2.05, 4.69) is 20.2 Å². The largest absolute Gasteiger partial charge is 0.378 e. The van der Waals surface area contributed by atoms with E-state index in [0.29, 0.717) is 60.9 Å². The topological polar surface area (TPSA) is 135 Å². The predicted molar refractivity (Wildman–Crippen MR) is 179 cm³/mol. The van der Waals surface area contributed by atoms with Gasteiger partial charge in [-0.1, -0.05) is 23.5 Å². The van der Waals surface area contributed by atoms with Gasteiger partial charge in [-0.15, -0.1) is 0 Å². The van der Waals surface area contributed by atoms with E-state index in [9.17, 15) is 17.2 Å². The molecule has 49 heavy (non-hydrogen) atoms. The molecule has 0 amide bonds. The highest BCUT2D eigenvalue weighted by molar-refractivity contribution is 7.92. The number of nitrogens with one attached hydrogen (secondary N) is 2. The molecular weight excluding hydrogens is 682 g/mol. The average molecular weight is 711 g/mol. The van der Waals surface area contributed by atoms with Gasteiger partial charge in [0.1, 0.15) is 17.5 Å². The van der Waals surface area contributed by atoms with E-state index in [1.54, 1.807) is 18.5 Å². The minimum atomic E-state index is -4.84. The fraction of sp³-hybridized carbons (Fsp3) is 0.250. The molecule has 0 atom stereocenters. The van der Waals surface area contributed by atoms with Crippen molar-refractivity contribution in [2.45, 2.75) is 4.90 Å². The summed E-state index contributed by atoms with van der Waals surface area (Å²) >= 11 is 1.28. The van der Waals surface area contributed by atoms with Gasteiger partial charge >= 0.3 is 0 Å². The summed E-state index contributed by atoms with van der Waals surface area (Å²) in [4.78, 5) is 21.8. The first-order chi connectivity index (χ1) is 23.8. The van der Waals surface area contributed by atoms with Crippen LogP contribution in [0.15, 0.2) is 71.9 Å². The summed E-state index contributed by atoms with van der Waals surface area (Å²) in [7, 11) is -4.84. The summed E-state index contributed by atoms with van der Waals surface area (Å²) in [5.41, 5.74) is 0.732. The number of pyridine rings is 1. The number of anilines is 5. The second-order valence-electron chi connectivity index (χ2n) is 11.0. The highest BCUT2D eigenvalue weighted by Crippen LogP contribution is 2.42. The fourth-order valence-corrected chi connectivity index (χ4v) is 7.70. The Labute approximate surface area is 283 Å². The lowest BCUT2D eigenvalue weighted by molar-refractivity contribution is 0.122. The highest BCUT2D eigenvalue weighted by Gasteiger charge is 2.28. The Kier molecular flexibility index (Phi) is 9.31. The quantitative estimate of drug-likeness (QED) is 0.207. The van der Waals surface area contributed by atoms with Crippen molar-refractivity contribution in [3.63, 3.8) is 0 Å². The summed E-state index contributed by atoms with van der Waals surface area (Å²) < 4.78 is 83.9. The van der Waals surface area contributed by atoms with Gasteiger partial charge in [0.2, 0.25) is 5.95 Å². The molecule has 12 nitrogen and oxygen atoms in total. The molecule has 2 aromatic carbocycles. The minimum Gasteiger partial charge on any atom is -0.378 e. The molecule has 5 aromatic rings. The molecule has 17 heteroatoms. The number of morpholine rings is 2. The molecule has 2 N–H and O–H groups in total. The summed E-state index contributed by atoms with van der Waals surface area (Å²) in [6.07, 6.45) is 3.24. The number of aromatic nitrogens is 4. The van der Waals surface area contributed by atoms with Crippen molar-refractivity contribution in [2.24, 2.45) is 0 Å². The third-order valence-electron chi connectivity index (χ3n) is 7.81. The van der Waals surface area contributed by atoms with Crippen molar-refractivity contribution in [2.75, 3.05) is 72.4 Å². The van der Waals surface area contributed by atoms with E-state index in [4.69, 9.17) is 19.4 Å². The zero-order valence-electron chi connectivity index (χ0n) is 25.8. The monoisotopic (exact) mass is 710 g/mol. The zero-order valence-corrected chi connectivity index (χ0v) is 27.4. The van der Waals surface area contributed by atoms with Crippen LogP contribution >= 0.6 is 11.3 Å². The Balaban J connectivity index is 1.22. The van der Waals surface area contributed by atoms with Crippen molar-refractivity contribution in [1.29, 1.82) is 0 Å². The minimum absolute atomic E-state index is 0.0454. The molecule has 0 bridgehead atoms. The van der Waals surface area contributed by atoms with Crippen molar-refractivity contribution >= 4 is 49.6 Å². The first-order valence-corrected chi connectivity index (χ1v) is 17.6. The fourth-order valence-electron chi connectivity index (χ4n) is 5.40. The van der Waals surface area contributed by atoms with E-state index in [-0.39, 0.29) is 17.2 Å². The van der Waals surface area contributed by atoms with E-state index < -0.39 is 38.1 Å².